The average Bonchev–Trinajstić information content (AvgIpc) is 2.88. The molecule has 188 valence electrons. The number of rotatable bonds is 11. The van der Waals surface area contributed by atoms with Crippen LogP contribution in [0.4, 0.5) is 11.4 Å². The van der Waals surface area contributed by atoms with Crippen molar-refractivity contribution in [1.82, 2.24) is 5.32 Å². The van der Waals surface area contributed by atoms with Crippen molar-refractivity contribution in [1.29, 1.82) is 0 Å². The molecular formula is C25H31N3O7. The van der Waals surface area contributed by atoms with Crippen LogP contribution in [0.15, 0.2) is 42.5 Å². The molecule has 0 aromatic heterocycles. The molecule has 0 atom stereocenters. The Morgan fingerprint density at radius 2 is 1.63 bits per heavy atom. The first-order valence-corrected chi connectivity index (χ1v) is 11.6. The number of ether oxygens (including phenoxy) is 4. The van der Waals surface area contributed by atoms with Gasteiger partial charge in [-0.3, -0.25) is 14.4 Å². The molecule has 2 aromatic rings. The Kier molecular flexibility index (Phi) is 9.73. The first-order valence-electron chi connectivity index (χ1n) is 11.6. The zero-order valence-corrected chi connectivity index (χ0v) is 20.0. The smallest absolute Gasteiger partial charge is 0.325 e. The van der Waals surface area contributed by atoms with Gasteiger partial charge in [-0.25, -0.2) is 0 Å². The van der Waals surface area contributed by atoms with Gasteiger partial charge in [0.25, 0.3) is 11.8 Å². The third-order valence-electron chi connectivity index (χ3n) is 5.09. The van der Waals surface area contributed by atoms with Gasteiger partial charge in [0.1, 0.15) is 6.54 Å². The van der Waals surface area contributed by atoms with Gasteiger partial charge in [-0.1, -0.05) is 0 Å². The number of nitrogens with one attached hydrogen (secondary N) is 2. The van der Waals surface area contributed by atoms with Crippen molar-refractivity contribution in [2.24, 2.45) is 0 Å². The summed E-state index contributed by atoms with van der Waals surface area (Å²) in [6, 6.07) is 12.2. The van der Waals surface area contributed by atoms with E-state index in [0.717, 1.165) is 18.8 Å². The summed E-state index contributed by atoms with van der Waals surface area (Å²) in [5.74, 6) is -0.703. The summed E-state index contributed by atoms with van der Waals surface area (Å²) in [6.45, 7) is 6.75. The van der Waals surface area contributed by atoms with Crippen LogP contribution in [-0.2, 0) is 19.1 Å². The number of esters is 1. The third kappa shape index (κ3) is 7.89. The van der Waals surface area contributed by atoms with Crippen LogP contribution in [0.25, 0.3) is 0 Å². The summed E-state index contributed by atoms with van der Waals surface area (Å²) in [4.78, 5) is 38.7. The van der Waals surface area contributed by atoms with Crippen LogP contribution in [0.1, 0.15) is 24.2 Å². The molecule has 1 fully saturated rings. The molecular weight excluding hydrogens is 454 g/mol. The highest BCUT2D eigenvalue weighted by Gasteiger charge is 2.15. The summed E-state index contributed by atoms with van der Waals surface area (Å²) in [6.07, 6.45) is 0. The Hall–Kier alpha value is -3.79. The molecule has 10 nitrogen and oxygen atoms in total. The molecule has 0 spiro atoms. The van der Waals surface area contributed by atoms with Crippen molar-refractivity contribution in [3.8, 4) is 11.5 Å². The Balaban J connectivity index is 1.41. The van der Waals surface area contributed by atoms with Crippen molar-refractivity contribution in [2.75, 3.05) is 62.9 Å². The number of nitrogens with zero attached hydrogens (tertiary/aromatic N) is 1. The number of benzene rings is 2. The minimum atomic E-state index is -0.730. The van der Waals surface area contributed by atoms with Crippen LogP contribution < -0.4 is 25.0 Å². The highest BCUT2D eigenvalue weighted by atomic mass is 16.5. The van der Waals surface area contributed by atoms with E-state index in [1.54, 1.807) is 30.3 Å². The lowest BCUT2D eigenvalue weighted by Crippen LogP contribution is -2.36. The van der Waals surface area contributed by atoms with Gasteiger partial charge in [0.15, 0.2) is 18.1 Å². The first kappa shape index (κ1) is 25.8. The summed E-state index contributed by atoms with van der Waals surface area (Å²) in [5, 5.41) is 5.15. The van der Waals surface area contributed by atoms with E-state index in [1.807, 2.05) is 26.0 Å². The van der Waals surface area contributed by atoms with Gasteiger partial charge in [0.05, 0.1) is 26.4 Å². The minimum absolute atomic E-state index is 0.308. The summed E-state index contributed by atoms with van der Waals surface area (Å²) >= 11 is 0. The van der Waals surface area contributed by atoms with E-state index in [0.29, 0.717) is 49.2 Å². The van der Waals surface area contributed by atoms with Crippen LogP contribution in [-0.4, -0.2) is 70.5 Å². The maximum Gasteiger partial charge on any atom is 0.325 e. The molecule has 10 heteroatoms. The van der Waals surface area contributed by atoms with Crippen molar-refractivity contribution in [3.63, 3.8) is 0 Å². The first-order chi connectivity index (χ1) is 17.0. The second-order valence-corrected chi connectivity index (χ2v) is 7.57. The van der Waals surface area contributed by atoms with E-state index in [1.165, 1.54) is 0 Å². The zero-order chi connectivity index (χ0) is 25.0. The lowest BCUT2D eigenvalue weighted by atomic mass is 10.2. The quantitative estimate of drug-likeness (QED) is 0.466. The molecule has 1 aliphatic heterocycles. The molecule has 0 bridgehead atoms. The fraction of sp³-hybridized carbons (Fsp3) is 0.400. The molecule has 0 aliphatic carbocycles. The Morgan fingerprint density at radius 1 is 0.943 bits per heavy atom. The van der Waals surface area contributed by atoms with Gasteiger partial charge in [-0.05, 0) is 56.3 Å². The van der Waals surface area contributed by atoms with E-state index in [9.17, 15) is 14.4 Å². The maximum absolute atomic E-state index is 12.4. The maximum atomic E-state index is 12.4. The summed E-state index contributed by atoms with van der Waals surface area (Å²) < 4.78 is 21.3. The van der Waals surface area contributed by atoms with Gasteiger partial charge in [-0.15, -0.1) is 0 Å². The van der Waals surface area contributed by atoms with Crippen LogP contribution in [0, 0.1) is 0 Å². The molecule has 35 heavy (non-hydrogen) atoms. The van der Waals surface area contributed by atoms with E-state index >= 15 is 0 Å². The van der Waals surface area contributed by atoms with Crippen molar-refractivity contribution in [3.05, 3.63) is 48.0 Å². The standard InChI is InChI=1S/C25H31N3O7/c1-3-33-21-10-5-18(15-22(21)34-4-2)25(31)26-16-24(30)35-17-23(29)27-19-6-8-20(9-7-19)28-11-13-32-14-12-28/h5-10,15H,3-4,11-14,16-17H2,1-2H3,(H,26,31)(H,27,29). The van der Waals surface area contributed by atoms with E-state index < -0.39 is 24.4 Å². The minimum Gasteiger partial charge on any atom is -0.490 e. The van der Waals surface area contributed by atoms with E-state index in [-0.39, 0.29) is 6.54 Å². The van der Waals surface area contributed by atoms with E-state index in [2.05, 4.69) is 15.5 Å². The fourth-order valence-electron chi connectivity index (χ4n) is 3.42. The highest BCUT2D eigenvalue weighted by molar-refractivity contribution is 5.97. The normalized spacial score (nSPS) is 13.0. The number of morpholine rings is 1. The Morgan fingerprint density at radius 3 is 2.31 bits per heavy atom. The van der Waals surface area contributed by atoms with E-state index in [4.69, 9.17) is 18.9 Å². The van der Waals surface area contributed by atoms with Crippen molar-refractivity contribution < 1.29 is 33.3 Å². The topological polar surface area (TPSA) is 115 Å². The number of hydrogen-bond donors (Lipinski definition) is 2. The number of amides is 2. The summed E-state index contributed by atoms with van der Waals surface area (Å²) in [7, 11) is 0. The lowest BCUT2D eigenvalue weighted by Gasteiger charge is -2.28. The van der Waals surface area contributed by atoms with Crippen molar-refractivity contribution in [2.45, 2.75) is 13.8 Å². The Bertz CT molecular complexity index is 1000. The monoisotopic (exact) mass is 485 g/mol. The average molecular weight is 486 g/mol. The second kappa shape index (κ2) is 13.2. The molecule has 1 aliphatic rings. The molecule has 0 unspecified atom stereocenters. The van der Waals surface area contributed by atoms with Gasteiger partial charge in [-0.2, -0.15) is 0 Å². The zero-order valence-electron chi connectivity index (χ0n) is 20.0. The van der Waals surface area contributed by atoms with Gasteiger partial charge in [0.2, 0.25) is 0 Å². The molecule has 1 heterocycles. The number of carbonyl (C=O) groups excluding carboxylic acids is 3. The molecule has 0 saturated carbocycles. The van der Waals surface area contributed by atoms with Gasteiger partial charge < -0.3 is 34.5 Å². The van der Waals surface area contributed by atoms with Gasteiger partial charge in [0, 0.05) is 30.0 Å². The van der Waals surface area contributed by atoms with Crippen LogP contribution in [0.2, 0.25) is 0 Å². The second-order valence-electron chi connectivity index (χ2n) is 7.57. The molecule has 2 aromatic carbocycles. The van der Waals surface area contributed by atoms with Gasteiger partial charge >= 0.3 is 5.97 Å². The summed E-state index contributed by atoms with van der Waals surface area (Å²) in [5.41, 5.74) is 1.95. The third-order valence-corrected chi connectivity index (χ3v) is 5.09. The molecule has 2 amide bonds. The highest BCUT2D eigenvalue weighted by Crippen LogP contribution is 2.28. The lowest BCUT2D eigenvalue weighted by molar-refractivity contribution is -0.146. The van der Waals surface area contributed by atoms with Crippen LogP contribution in [0.5, 0.6) is 11.5 Å². The van der Waals surface area contributed by atoms with Crippen LogP contribution >= 0.6 is 0 Å². The number of hydrogen-bond acceptors (Lipinski definition) is 8. The largest absolute Gasteiger partial charge is 0.490 e. The molecule has 0 radical (unpaired) electrons. The van der Waals surface area contributed by atoms with Crippen molar-refractivity contribution >= 4 is 29.2 Å². The fourth-order valence-corrected chi connectivity index (χ4v) is 3.42. The molecule has 1 saturated heterocycles. The van der Waals surface area contributed by atoms with Crippen LogP contribution in [0.3, 0.4) is 0 Å². The Labute approximate surface area is 204 Å². The number of anilines is 2. The predicted molar refractivity (Wildman–Crippen MR) is 130 cm³/mol. The predicted octanol–water partition coefficient (Wildman–Crippen LogP) is 2.23. The number of carbonyl (C=O) groups is 3. The molecule has 2 N–H and O–H groups in total. The SMILES string of the molecule is CCOc1ccc(C(=O)NCC(=O)OCC(=O)Nc2ccc(N3CCOCC3)cc2)cc1OCC. The molecule has 3 rings (SSSR count).